The SMILES string of the molecule is Cc1ccccc1-c1nc2ccc(-c3ccc(Cl)cc3)cc2c(=O)n1CC1CN(Cc2ccccc2)CCO1. The summed E-state index contributed by atoms with van der Waals surface area (Å²) in [5.74, 6) is 0.675. The maximum absolute atomic E-state index is 14.2. The van der Waals surface area contributed by atoms with E-state index in [1.54, 1.807) is 0 Å². The molecule has 0 aliphatic carbocycles. The lowest BCUT2D eigenvalue weighted by molar-refractivity contribution is -0.0390. The predicted molar refractivity (Wildman–Crippen MR) is 158 cm³/mol. The van der Waals surface area contributed by atoms with Crippen LogP contribution < -0.4 is 5.56 Å². The molecule has 1 atom stereocenters. The second-order valence-electron chi connectivity index (χ2n) is 10.1. The first kappa shape index (κ1) is 25.5. The van der Waals surface area contributed by atoms with E-state index in [4.69, 9.17) is 21.3 Å². The normalized spacial score (nSPS) is 16.0. The first-order valence-electron chi connectivity index (χ1n) is 13.3. The van der Waals surface area contributed by atoms with E-state index in [0.717, 1.165) is 41.9 Å². The minimum absolute atomic E-state index is 0.0575. The van der Waals surface area contributed by atoms with E-state index < -0.39 is 0 Å². The molecule has 5 aromatic rings. The molecule has 0 spiro atoms. The van der Waals surface area contributed by atoms with E-state index in [2.05, 4.69) is 42.2 Å². The molecule has 0 bridgehead atoms. The largest absolute Gasteiger partial charge is 0.374 e. The van der Waals surface area contributed by atoms with Crippen LogP contribution in [0.2, 0.25) is 5.02 Å². The maximum atomic E-state index is 14.2. The number of rotatable bonds is 6. The number of ether oxygens (including phenoxy) is 1. The second kappa shape index (κ2) is 11.1. The molecule has 1 aliphatic rings. The standard InChI is InChI=1S/C33H30ClN3O2/c1-23-7-5-6-10-29(23)32-35-31-16-13-26(25-11-14-27(34)15-12-25)19-30(31)33(38)37(32)22-28-21-36(17-18-39-28)20-24-8-3-2-4-9-24/h2-16,19,28H,17-18,20-22H2,1H3. The van der Waals surface area contributed by atoms with Gasteiger partial charge in [-0.15, -0.1) is 0 Å². The van der Waals surface area contributed by atoms with Gasteiger partial charge in [-0.3, -0.25) is 14.3 Å². The van der Waals surface area contributed by atoms with E-state index in [9.17, 15) is 4.79 Å². The molecule has 1 unspecified atom stereocenters. The van der Waals surface area contributed by atoms with Crippen molar-refractivity contribution in [3.63, 3.8) is 0 Å². The Balaban J connectivity index is 1.40. The molecule has 1 aromatic heterocycles. The highest BCUT2D eigenvalue weighted by molar-refractivity contribution is 6.30. The Labute approximate surface area is 233 Å². The first-order chi connectivity index (χ1) is 19.0. The molecular weight excluding hydrogens is 506 g/mol. The fourth-order valence-electron chi connectivity index (χ4n) is 5.32. The van der Waals surface area contributed by atoms with Gasteiger partial charge in [0.2, 0.25) is 0 Å². The van der Waals surface area contributed by atoms with Crippen molar-refractivity contribution < 1.29 is 4.74 Å². The Bertz CT molecular complexity index is 1670. The summed E-state index contributed by atoms with van der Waals surface area (Å²) in [6.45, 7) is 5.59. The molecule has 5 nitrogen and oxygen atoms in total. The molecule has 2 heterocycles. The molecule has 6 rings (SSSR count). The van der Waals surface area contributed by atoms with E-state index in [-0.39, 0.29) is 11.7 Å². The molecule has 0 radical (unpaired) electrons. The van der Waals surface area contributed by atoms with Crippen molar-refractivity contribution in [2.24, 2.45) is 0 Å². The van der Waals surface area contributed by atoms with E-state index in [0.29, 0.717) is 34.9 Å². The van der Waals surface area contributed by atoms with Crippen molar-refractivity contribution >= 4 is 22.5 Å². The highest BCUT2D eigenvalue weighted by Gasteiger charge is 2.24. The van der Waals surface area contributed by atoms with Crippen LogP contribution in [0.25, 0.3) is 33.4 Å². The van der Waals surface area contributed by atoms with Crippen molar-refractivity contribution in [3.8, 4) is 22.5 Å². The number of nitrogens with zero attached hydrogens (tertiary/aromatic N) is 3. The maximum Gasteiger partial charge on any atom is 0.261 e. The number of hydrogen-bond donors (Lipinski definition) is 0. The van der Waals surface area contributed by atoms with E-state index in [1.807, 2.05) is 71.3 Å². The summed E-state index contributed by atoms with van der Waals surface area (Å²) in [4.78, 5) is 21.6. The third-order valence-electron chi connectivity index (χ3n) is 7.38. The molecule has 1 aliphatic heterocycles. The first-order valence-corrected chi connectivity index (χ1v) is 13.7. The van der Waals surface area contributed by atoms with Crippen LogP contribution in [0.4, 0.5) is 0 Å². The zero-order valence-corrected chi connectivity index (χ0v) is 22.6. The lowest BCUT2D eigenvalue weighted by Crippen LogP contribution is -2.45. The lowest BCUT2D eigenvalue weighted by Gasteiger charge is -2.33. The van der Waals surface area contributed by atoms with Gasteiger partial charge >= 0.3 is 0 Å². The molecule has 1 saturated heterocycles. The van der Waals surface area contributed by atoms with E-state index >= 15 is 0 Å². The minimum atomic E-state index is -0.123. The highest BCUT2D eigenvalue weighted by atomic mass is 35.5. The van der Waals surface area contributed by atoms with Crippen LogP contribution in [0, 0.1) is 6.92 Å². The molecule has 196 valence electrons. The smallest absolute Gasteiger partial charge is 0.261 e. The summed E-state index contributed by atoms with van der Waals surface area (Å²) in [5.41, 5.74) is 5.89. The predicted octanol–water partition coefficient (Wildman–Crippen LogP) is 6.59. The number of morpholine rings is 1. The number of aryl methyl sites for hydroxylation is 1. The van der Waals surface area contributed by atoms with Gasteiger partial charge in [-0.05, 0) is 53.4 Å². The average molecular weight is 536 g/mol. The fourth-order valence-corrected chi connectivity index (χ4v) is 5.45. The number of benzene rings is 4. The van der Waals surface area contributed by atoms with Gasteiger partial charge in [-0.25, -0.2) is 4.98 Å². The average Bonchev–Trinajstić information content (AvgIpc) is 2.96. The molecule has 0 N–H and O–H groups in total. The van der Waals surface area contributed by atoms with Crippen molar-refractivity contribution in [1.29, 1.82) is 0 Å². The quantitative estimate of drug-likeness (QED) is 0.246. The third-order valence-corrected chi connectivity index (χ3v) is 7.63. The molecule has 4 aromatic carbocycles. The summed E-state index contributed by atoms with van der Waals surface area (Å²) in [6, 6.07) is 32.1. The summed E-state index contributed by atoms with van der Waals surface area (Å²) in [6.07, 6.45) is -0.123. The summed E-state index contributed by atoms with van der Waals surface area (Å²) >= 11 is 6.10. The number of halogens is 1. The topological polar surface area (TPSA) is 47.4 Å². The van der Waals surface area contributed by atoms with Gasteiger partial charge in [0.25, 0.3) is 5.56 Å². The molecule has 0 amide bonds. The zero-order valence-electron chi connectivity index (χ0n) is 21.9. The summed E-state index contributed by atoms with van der Waals surface area (Å²) in [5, 5.41) is 1.27. The fraction of sp³-hybridized carbons (Fsp3) is 0.212. The van der Waals surface area contributed by atoms with Crippen LogP contribution >= 0.6 is 11.6 Å². The minimum Gasteiger partial charge on any atom is -0.374 e. The van der Waals surface area contributed by atoms with Gasteiger partial charge in [-0.2, -0.15) is 0 Å². The Morgan fingerprint density at radius 2 is 1.67 bits per heavy atom. The van der Waals surface area contributed by atoms with Crippen LogP contribution in [0.5, 0.6) is 0 Å². The zero-order chi connectivity index (χ0) is 26.8. The van der Waals surface area contributed by atoms with Crippen LogP contribution in [-0.4, -0.2) is 40.3 Å². The van der Waals surface area contributed by atoms with Crippen LogP contribution in [0.1, 0.15) is 11.1 Å². The molecule has 6 heteroatoms. The van der Waals surface area contributed by atoms with Gasteiger partial charge in [0.05, 0.1) is 30.2 Å². The van der Waals surface area contributed by atoms with Crippen molar-refractivity contribution in [2.75, 3.05) is 19.7 Å². The van der Waals surface area contributed by atoms with Crippen LogP contribution in [-0.2, 0) is 17.8 Å². The van der Waals surface area contributed by atoms with Gasteiger partial charge in [0.1, 0.15) is 5.82 Å². The Morgan fingerprint density at radius 3 is 2.46 bits per heavy atom. The van der Waals surface area contributed by atoms with Gasteiger partial charge < -0.3 is 4.74 Å². The van der Waals surface area contributed by atoms with Gasteiger partial charge in [-0.1, -0.05) is 84.4 Å². The van der Waals surface area contributed by atoms with Gasteiger partial charge in [0.15, 0.2) is 0 Å². The Hall–Kier alpha value is -3.77. The summed E-state index contributed by atoms with van der Waals surface area (Å²) < 4.78 is 8.01. The monoisotopic (exact) mass is 535 g/mol. The number of hydrogen-bond acceptors (Lipinski definition) is 4. The van der Waals surface area contributed by atoms with Crippen molar-refractivity contribution in [1.82, 2.24) is 14.5 Å². The Morgan fingerprint density at radius 1 is 0.923 bits per heavy atom. The number of aromatic nitrogens is 2. The Kier molecular flexibility index (Phi) is 7.29. The lowest BCUT2D eigenvalue weighted by atomic mass is 10.0. The molecule has 1 fully saturated rings. The highest BCUT2D eigenvalue weighted by Crippen LogP contribution is 2.27. The number of fused-ring (bicyclic) bond motifs is 1. The molecular formula is C33H30ClN3O2. The molecule has 0 saturated carbocycles. The summed E-state index contributed by atoms with van der Waals surface area (Å²) in [7, 11) is 0. The molecule has 39 heavy (non-hydrogen) atoms. The van der Waals surface area contributed by atoms with Crippen molar-refractivity contribution in [3.05, 3.63) is 124 Å². The van der Waals surface area contributed by atoms with Crippen molar-refractivity contribution in [2.45, 2.75) is 26.1 Å². The van der Waals surface area contributed by atoms with Crippen LogP contribution in [0.15, 0.2) is 102 Å². The van der Waals surface area contributed by atoms with Crippen LogP contribution in [0.3, 0.4) is 0 Å². The third kappa shape index (κ3) is 5.52. The second-order valence-corrected chi connectivity index (χ2v) is 10.6. The van der Waals surface area contributed by atoms with E-state index in [1.165, 1.54) is 5.56 Å². The van der Waals surface area contributed by atoms with Gasteiger partial charge in [0, 0.05) is 30.2 Å².